The molecule has 1 N–H and O–H groups in total. The number of anilines is 1. The van der Waals surface area contributed by atoms with Gasteiger partial charge in [-0.15, -0.1) is 0 Å². The van der Waals surface area contributed by atoms with Crippen LogP contribution in [-0.4, -0.2) is 12.0 Å². The number of hydrogen-bond donors (Lipinski definition) is 1. The summed E-state index contributed by atoms with van der Waals surface area (Å²) in [6, 6.07) is 22.0. The third-order valence-corrected chi connectivity index (χ3v) is 5.64. The van der Waals surface area contributed by atoms with Gasteiger partial charge in [0.05, 0.1) is 5.69 Å². The molecule has 144 valence electrons. The Kier molecular flexibility index (Phi) is 6.42. The fraction of sp³-hybridized carbons (Fsp3) is 0.208. The van der Waals surface area contributed by atoms with Gasteiger partial charge in [-0.1, -0.05) is 48.2 Å². The van der Waals surface area contributed by atoms with Gasteiger partial charge in [-0.3, -0.25) is 4.79 Å². The van der Waals surface area contributed by atoms with Crippen molar-refractivity contribution < 1.29 is 9.53 Å². The first-order valence-corrected chi connectivity index (χ1v) is 10.1. The predicted octanol–water partition coefficient (Wildman–Crippen LogP) is 6.17. The highest BCUT2D eigenvalue weighted by molar-refractivity contribution is 7.99. The van der Waals surface area contributed by atoms with Crippen molar-refractivity contribution in [3.05, 3.63) is 83.4 Å². The minimum absolute atomic E-state index is 0.167. The Labute approximate surface area is 171 Å². The van der Waals surface area contributed by atoms with E-state index in [1.54, 1.807) is 18.7 Å². The second-order valence-electron chi connectivity index (χ2n) is 6.87. The van der Waals surface area contributed by atoms with Gasteiger partial charge in [-0.05, 0) is 74.7 Å². The van der Waals surface area contributed by atoms with E-state index in [-0.39, 0.29) is 5.91 Å². The van der Waals surface area contributed by atoms with Crippen LogP contribution >= 0.6 is 11.8 Å². The molecule has 4 heteroatoms. The Morgan fingerprint density at radius 1 is 0.964 bits per heavy atom. The van der Waals surface area contributed by atoms with E-state index in [2.05, 4.69) is 30.4 Å². The maximum absolute atomic E-state index is 12.8. The summed E-state index contributed by atoms with van der Waals surface area (Å²) in [6.45, 7) is 7.87. The molecular weight excluding hydrogens is 366 g/mol. The van der Waals surface area contributed by atoms with E-state index in [1.807, 2.05) is 62.4 Å². The number of carbonyl (C=O) groups excluding carboxylic acids is 1. The molecule has 0 heterocycles. The van der Waals surface area contributed by atoms with Gasteiger partial charge in [0, 0.05) is 9.79 Å². The molecule has 0 aliphatic carbocycles. The predicted molar refractivity (Wildman–Crippen MR) is 116 cm³/mol. The fourth-order valence-electron chi connectivity index (χ4n) is 2.88. The molecule has 0 aromatic heterocycles. The maximum Gasteiger partial charge on any atom is 0.265 e. The molecule has 0 saturated carbocycles. The van der Waals surface area contributed by atoms with Crippen LogP contribution in [0, 0.1) is 20.8 Å². The number of hydrogen-bond acceptors (Lipinski definition) is 3. The molecule has 1 atom stereocenters. The number of ether oxygens (including phenoxy) is 1. The summed E-state index contributed by atoms with van der Waals surface area (Å²) in [5, 5.41) is 3.01. The van der Waals surface area contributed by atoms with Crippen LogP contribution < -0.4 is 10.1 Å². The normalized spacial score (nSPS) is 11.7. The molecule has 3 aromatic carbocycles. The van der Waals surface area contributed by atoms with Crippen molar-refractivity contribution in [3.8, 4) is 5.75 Å². The number of amides is 1. The Morgan fingerprint density at radius 2 is 1.64 bits per heavy atom. The first-order valence-electron chi connectivity index (χ1n) is 9.31. The van der Waals surface area contributed by atoms with Gasteiger partial charge >= 0.3 is 0 Å². The van der Waals surface area contributed by atoms with Crippen LogP contribution in [0.15, 0.2) is 76.5 Å². The first kappa shape index (κ1) is 20.0. The molecular formula is C24H25NO2S. The molecule has 0 unspecified atom stereocenters. The first-order chi connectivity index (χ1) is 13.4. The summed E-state index contributed by atoms with van der Waals surface area (Å²) in [4.78, 5) is 14.9. The average molecular weight is 392 g/mol. The van der Waals surface area contributed by atoms with E-state index < -0.39 is 6.10 Å². The van der Waals surface area contributed by atoms with E-state index in [4.69, 9.17) is 4.74 Å². The van der Waals surface area contributed by atoms with Crippen molar-refractivity contribution in [3.63, 3.8) is 0 Å². The van der Waals surface area contributed by atoms with Crippen molar-refractivity contribution in [2.45, 2.75) is 43.6 Å². The van der Waals surface area contributed by atoms with Crippen molar-refractivity contribution in [1.82, 2.24) is 0 Å². The van der Waals surface area contributed by atoms with Crippen LogP contribution in [0.2, 0.25) is 0 Å². The van der Waals surface area contributed by atoms with Gasteiger partial charge in [0.15, 0.2) is 6.10 Å². The van der Waals surface area contributed by atoms with Gasteiger partial charge in [0.2, 0.25) is 0 Å². The third-order valence-electron chi connectivity index (χ3n) is 4.55. The van der Waals surface area contributed by atoms with Crippen molar-refractivity contribution in [1.29, 1.82) is 0 Å². The molecule has 0 saturated heterocycles. The van der Waals surface area contributed by atoms with Crippen LogP contribution in [0.25, 0.3) is 0 Å². The van der Waals surface area contributed by atoms with Crippen LogP contribution in [0.3, 0.4) is 0 Å². The number of aryl methyl sites for hydroxylation is 2. The maximum atomic E-state index is 12.8. The second kappa shape index (κ2) is 8.98. The zero-order valence-corrected chi connectivity index (χ0v) is 17.5. The minimum Gasteiger partial charge on any atom is -0.481 e. The van der Waals surface area contributed by atoms with Gasteiger partial charge in [0.1, 0.15) is 5.75 Å². The largest absolute Gasteiger partial charge is 0.481 e. The SMILES string of the molecule is Cc1cc(C)c(C)c(O[C@H](C)C(=O)Nc2ccccc2Sc2ccccc2)c1. The lowest BCUT2D eigenvalue weighted by molar-refractivity contribution is -0.122. The summed E-state index contributed by atoms with van der Waals surface area (Å²) in [5.74, 6) is 0.590. The van der Waals surface area contributed by atoms with E-state index in [0.717, 1.165) is 37.9 Å². The number of carbonyl (C=O) groups is 1. The summed E-state index contributed by atoms with van der Waals surface area (Å²) < 4.78 is 5.98. The Balaban J connectivity index is 1.73. The standard InChI is InChI=1S/C24H25NO2S/c1-16-14-17(2)18(3)22(15-16)27-19(4)24(26)25-21-12-8-9-13-23(21)28-20-10-6-5-7-11-20/h5-15,19H,1-4H3,(H,25,26)/t19-/m1/s1. The molecule has 3 rings (SSSR count). The molecule has 28 heavy (non-hydrogen) atoms. The smallest absolute Gasteiger partial charge is 0.265 e. The Bertz CT molecular complexity index is 970. The summed E-state index contributed by atoms with van der Waals surface area (Å²) in [7, 11) is 0. The highest BCUT2D eigenvalue weighted by atomic mass is 32.2. The van der Waals surface area contributed by atoms with Crippen LogP contribution in [0.5, 0.6) is 5.75 Å². The van der Waals surface area contributed by atoms with Crippen molar-refractivity contribution >= 4 is 23.4 Å². The molecule has 3 aromatic rings. The van der Waals surface area contributed by atoms with E-state index >= 15 is 0 Å². The monoisotopic (exact) mass is 391 g/mol. The zero-order valence-electron chi connectivity index (χ0n) is 16.7. The lowest BCUT2D eigenvalue weighted by Gasteiger charge is -2.19. The topological polar surface area (TPSA) is 38.3 Å². The van der Waals surface area contributed by atoms with Gasteiger partial charge in [0.25, 0.3) is 5.91 Å². The van der Waals surface area contributed by atoms with Crippen molar-refractivity contribution in [2.24, 2.45) is 0 Å². The average Bonchev–Trinajstić information content (AvgIpc) is 2.68. The molecule has 1 amide bonds. The van der Waals surface area contributed by atoms with E-state index in [9.17, 15) is 4.79 Å². The number of para-hydroxylation sites is 1. The van der Waals surface area contributed by atoms with Crippen molar-refractivity contribution in [2.75, 3.05) is 5.32 Å². The zero-order chi connectivity index (χ0) is 20.1. The fourth-order valence-corrected chi connectivity index (χ4v) is 3.80. The lowest BCUT2D eigenvalue weighted by Crippen LogP contribution is -2.30. The summed E-state index contributed by atoms with van der Waals surface area (Å²) in [5.41, 5.74) is 4.13. The molecule has 0 bridgehead atoms. The molecule has 3 nitrogen and oxygen atoms in total. The van der Waals surface area contributed by atoms with Gasteiger partial charge in [-0.25, -0.2) is 0 Å². The van der Waals surface area contributed by atoms with Crippen LogP contribution in [-0.2, 0) is 4.79 Å². The Hall–Kier alpha value is -2.72. The van der Waals surface area contributed by atoms with Gasteiger partial charge < -0.3 is 10.1 Å². The minimum atomic E-state index is -0.602. The third kappa shape index (κ3) is 4.96. The lowest BCUT2D eigenvalue weighted by atomic mass is 10.1. The van der Waals surface area contributed by atoms with Crippen LogP contribution in [0.1, 0.15) is 23.6 Å². The number of nitrogens with one attached hydrogen (secondary N) is 1. The summed E-state index contributed by atoms with van der Waals surface area (Å²) in [6.07, 6.45) is -0.602. The highest BCUT2D eigenvalue weighted by Gasteiger charge is 2.18. The highest BCUT2D eigenvalue weighted by Crippen LogP contribution is 2.33. The summed E-state index contributed by atoms with van der Waals surface area (Å²) >= 11 is 1.62. The molecule has 0 aliphatic heterocycles. The van der Waals surface area contributed by atoms with E-state index in [1.165, 1.54) is 0 Å². The number of benzene rings is 3. The molecule has 0 fully saturated rings. The second-order valence-corrected chi connectivity index (χ2v) is 7.98. The van der Waals surface area contributed by atoms with Gasteiger partial charge in [-0.2, -0.15) is 0 Å². The Morgan fingerprint density at radius 3 is 2.39 bits per heavy atom. The van der Waals surface area contributed by atoms with Crippen LogP contribution in [0.4, 0.5) is 5.69 Å². The quantitative estimate of drug-likeness (QED) is 0.546. The number of rotatable bonds is 6. The molecule has 0 aliphatic rings. The molecule has 0 radical (unpaired) electrons. The molecule has 0 spiro atoms. The van der Waals surface area contributed by atoms with E-state index in [0.29, 0.717) is 0 Å².